The summed E-state index contributed by atoms with van der Waals surface area (Å²) in [6, 6.07) is 0. The van der Waals surface area contributed by atoms with Crippen molar-refractivity contribution in [3.63, 3.8) is 0 Å². The van der Waals surface area contributed by atoms with Gasteiger partial charge in [0.15, 0.2) is 15.1 Å². The number of hydrogen-bond acceptors (Lipinski definition) is 3. The molecule has 80 valence electrons. The van der Waals surface area contributed by atoms with Gasteiger partial charge in [0.2, 0.25) is 0 Å². The zero-order chi connectivity index (χ0) is 10.7. The maximum Gasteiger partial charge on any atom is 0.405 e. The highest BCUT2D eigenvalue weighted by Crippen LogP contribution is 2.28. The molecule has 3 nitrogen and oxygen atoms in total. The maximum atomic E-state index is 12.2. The van der Waals surface area contributed by atoms with E-state index in [9.17, 15) is 21.6 Å². The SMILES string of the molecule is CCS(=O)(=O)C(CCN)C(F)(F)F. The van der Waals surface area contributed by atoms with E-state index in [-0.39, 0.29) is 6.54 Å². The van der Waals surface area contributed by atoms with Crippen molar-refractivity contribution in [1.82, 2.24) is 0 Å². The molecular weight excluding hydrogens is 207 g/mol. The van der Waals surface area contributed by atoms with Crippen molar-refractivity contribution in [2.24, 2.45) is 5.73 Å². The highest BCUT2D eigenvalue weighted by atomic mass is 32.2. The van der Waals surface area contributed by atoms with Crippen LogP contribution in [0, 0.1) is 0 Å². The summed E-state index contributed by atoms with van der Waals surface area (Å²) in [4.78, 5) is 0. The molecule has 2 N–H and O–H groups in total. The molecule has 0 aromatic heterocycles. The van der Waals surface area contributed by atoms with E-state index in [0.29, 0.717) is 0 Å². The van der Waals surface area contributed by atoms with Crippen LogP contribution in [0.2, 0.25) is 0 Å². The molecule has 0 saturated carbocycles. The van der Waals surface area contributed by atoms with Gasteiger partial charge in [-0.15, -0.1) is 0 Å². The number of alkyl halides is 3. The molecule has 13 heavy (non-hydrogen) atoms. The average molecular weight is 219 g/mol. The van der Waals surface area contributed by atoms with Crippen LogP contribution in [0.5, 0.6) is 0 Å². The molecule has 0 aromatic carbocycles. The third kappa shape index (κ3) is 3.51. The molecule has 1 unspecified atom stereocenters. The van der Waals surface area contributed by atoms with Crippen LogP contribution in [0.3, 0.4) is 0 Å². The normalized spacial score (nSPS) is 15.8. The van der Waals surface area contributed by atoms with Gasteiger partial charge in [-0.25, -0.2) is 8.42 Å². The highest BCUT2D eigenvalue weighted by molar-refractivity contribution is 7.92. The monoisotopic (exact) mass is 219 g/mol. The second kappa shape index (κ2) is 4.28. The Morgan fingerprint density at radius 3 is 2.08 bits per heavy atom. The van der Waals surface area contributed by atoms with Crippen LogP contribution in [-0.4, -0.2) is 32.1 Å². The van der Waals surface area contributed by atoms with Crippen molar-refractivity contribution in [3.05, 3.63) is 0 Å². The van der Waals surface area contributed by atoms with Gasteiger partial charge in [0, 0.05) is 5.75 Å². The van der Waals surface area contributed by atoms with E-state index < -0.39 is 33.4 Å². The summed E-state index contributed by atoms with van der Waals surface area (Å²) in [6.07, 6.45) is -5.28. The van der Waals surface area contributed by atoms with Crippen molar-refractivity contribution in [2.45, 2.75) is 24.8 Å². The van der Waals surface area contributed by atoms with Gasteiger partial charge in [-0.05, 0) is 13.0 Å². The number of nitrogens with two attached hydrogens (primary N) is 1. The molecule has 0 spiro atoms. The minimum atomic E-state index is -4.71. The van der Waals surface area contributed by atoms with Crippen molar-refractivity contribution >= 4 is 9.84 Å². The van der Waals surface area contributed by atoms with Crippen LogP contribution >= 0.6 is 0 Å². The number of hydrogen-bond donors (Lipinski definition) is 1. The Kier molecular flexibility index (Phi) is 4.18. The van der Waals surface area contributed by atoms with Crippen molar-refractivity contribution in [2.75, 3.05) is 12.3 Å². The van der Waals surface area contributed by atoms with Crippen molar-refractivity contribution in [3.8, 4) is 0 Å². The number of sulfone groups is 1. The first kappa shape index (κ1) is 12.7. The maximum absolute atomic E-state index is 12.2. The van der Waals surface area contributed by atoms with Gasteiger partial charge in [0.1, 0.15) is 0 Å². The lowest BCUT2D eigenvalue weighted by atomic mass is 10.3. The summed E-state index contributed by atoms with van der Waals surface area (Å²) in [5.74, 6) is -0.517. The number of rotatable bonds is 4. The Balaban J connectivity index is 4.83. The van der Waals surface area contributed by atoms with Gasteiger partial charge in [0.05, 0.1) is 0 Å². The lowest BCUT2D eigenvalue weighted by Gasteiger charge is -2.18. The van der Waals surface area contributed by atoms with Gasteiger partial charge < -0.3 is 5.73 Å². The fourth-order valence-corrected chi connectivity index (χ4v) is 2.20. The largest absolute Gasteiger partial charge is 0.405 e. The Hall–Kier alpha value is -0.300. The predicted molar refractivity (Wildman–Crippen MR) is 43.0 cm³/mol. The standard InChI is InChI=1S/C6H12F3NO2S/c1-2-13(11,12)5(3-4-10)6(7,8)9/h5H,2-4,10H2,1H3. The summed E-state index contributed by atoms with van der Waals surface area (Å²) in [5.41, 5.74) is 4.91. The number of halogens is 3. The first-order valence-electron chi connectivity index (χ1n) is 3.74. The van der Waals surface area contributed by atoms with E-state index >= 15 is 0 Å². The molecule has 0 aliphatic rings. The molecule has 0 aromatic rings. The Morgan fingerprint density at radius 1 is 1.38 bits per heavy atom. The molecule has 1 atom stereocenters. The van der Waals surface area contributed by atoms with Crippen LogP contribution in [-0.2, 0) is 9.84 Å². The molecular formula is C6H12F3NO2S. The Morgan fingerprint density at radius 2 is 1.85 bits per heavy atom. The average Bonchev–Trinajstić information content (AvgIpc) is 1.98. The topological polar surface area (TPSA) is 60.2 Å². The van der Waals surface area contributed by atoms with Crippen molar-refractivity contribution in [1.29, 1.82) is 0 Å². The first-order valence-corrected chi connectivity index (χ1v) is 5.45. The Labute approximate surface area is 75.0 Å². The first-order chi connectivity index (χ1) is 5.75. The molecule has 0 heterocycles. The molecule has 0 rings (SSSR count). The minimum Gasteiger partial charge on any atom is -0.330 e. The van der Waals surface area contributed by atoms with Gasteiger partial charge in [-0.2, -0.15) is 13.2 Å². The minimum absolute atomic E-state index is 0.288. The molecule has 0 saturated heterocycles. The van der Waals surface area contributed by atoms with Gasteiger partial charge in [0.25, 0.3) is 0 Å². The fourth-order valence-electron chi connectivity index (χ4n) is 0.899. The lowest BCUT2D eigenvalue weighted by Crippen LogP contribution is -2.39. The third-order valence-electron chi connectivity index (χ3n) is 1.63. The van der Waals surface area contributed by atoms with Gasteiger partial charge in [-0.3, -0.25) is 0 Å². The highest BCUT2D eigenvalue weighted by Gasteiger charge is 2.46. The van der Waals surface area contributed by atoms with Crippen LogP contribution < -0.4 is 5.73 Å². The van der Waals surface area contributed by atoms with E-state index in [4.69, 9.17) is 5.73 Å². The zero-order valence-electron chi connectivity index (χ0n) is 7.13. The predicted octanol–water partition coefficient (Wildman–Crippen LogP) is 0.701. The van der Waals surface area contributed by atoms with Crippen LogP contribution in [0.1, 0.15) is 13.3 Å². The van der Waals surface area contributed by atoms with Gasteiger partial charge in [-0.1, -0.05) is 6.92 Å². The summed E-state index contributed by atoms with van der Waals surface area (Å²) < 4.78 is 58.4. The fraction of sp³-hybridized carbons (Fsp3) is 1.00. The molecule has 7 heteroatoms. The summed E-state index contributed by atoms with van der Waals surface area (Å²) in [6.45, 7) is 0.897. The van der Waals surface area contributed by atoms with E-state index in [2.05, 4.69) is 0 Å². The molecule has 0 fully saturated rings. The smallest absolute Gasteiger partial charge is 0.330 e. The molecule has 0 bridgehead atoms. The van der Waals surface area contributed by atoms with Crippen LogP contribution in [0.4, 0.5) is 13.2 Å². The second-order valence-corrected chi connectivity index (χ2v) is 5.03. The van der Waals surface area contributed by atoms with E-state index in [1.54, 1.807) is 0 Å². The van der Waals surface area contributed by atoms with Crippen LogP contribution in [0.25, 0.3) is 0 Å². The molecule has 0 amide bonds. The van der Waals surface area contributed by atoms with E-state index in [1.165, 1.54) is 6.92 Å². The molecule has 0 aliphatic heterocycles. The molecule has 0 radical (unpaired) electrons. The van der Waals surface area contributed by atoms with Gasteiger partial charge >= 0.3 is 6.18 Å². The zero-order valence-corrected chi connectivity index (χ0v) is 7.95. The van der Waals surface area contributed by atoms with Crippen molar-refractivity contribution < 1.29 is 21.6 Å². The van der Waals surface area contributed by atoms with E-state index in [0.717, 1.165) is 0 Å². The molecule has 0 aliphatic carbocycles. The second-order valence-electron chi connectivity index (χ2n) is 2.56. The quantitative estimate of drug-likeness (QED) is 0.757. The summed E-state index contributed by atoms with van der Waals surface area (Å²) in [5, 5.41) is -2.31. The van der Waals surface area contributed by atoms with E-state index in [1.807, 2.05) is 0 Å². The Bertz CT molecular complexity index is 247. The third-order valence-corrected chi connectivity index (χ3v) is 3.80. The lowest BCUT2D eigenvalue weighted by molar-refractivity contribution is -0.131. The summed E-state index contributed by atoms with van der Waals surface area (Å²) in [7, 11) is -4.09. The summed E-state index contributed by atoms with van der Waals surface area (Å²) >= 11 is 0. The van der Waals surface area contributed by atoms with Crippen LogP contribution in [0.15, 0.2) is 0 Å².